The van der Waals surface area contributed by atoms with E-state index in [1.165, 1.54) is 0 Å². The lowest BCUT2D eigenvalue weighted by molar-refractivity contribution is -0.128. The highest BCUT2D eigenvalue weighted by atomic mass is 32.1. The molecule has 0 aliphatic carbocycles. The maximum atomic E-state index is 12.3. The van der Waals surface area contributed by atoms with Gasteiger partial charge < -0.3 is 14.7 Å². The molecule has 1 atom stereocenters. The Morgan fingerprint density at radius 2 is 2.23 bits per heavy atom. The molecule has 22 heavy (non-hydrogen) atoms. The number of urea groups is 1. The van der Waals surface area contributed by atoms with Gasteiger partial charge in [-0.15, -0.1) is 11.3 Å². The summed E-state index contributed by atoms with van der Waals surface area (Å²) in [6.07, 6.45) is 1.46. The van der Waals surface area contributed by atoms with Crippen molar-refractivity contribution in [3.63, 3.8) is 0 Å². The average molecular weight is 322 g/mol. The number of carbonyl (C=O) groups excluding carboxylic acids is 2. The summed E-state index contributed by atoms with van der Waals surface area (Å²) in [6.45, 7) is 4.73. The minimum Gasteiger partial charge on any atom is -0.336 e. The first-order chi connectivity index (χ1) is 10.4. The first kappa shape index (κ1) is 15.3. The summed E-state index contributed by atoms with van der Waals surface area (Å²) in [5, 5.41) is 3.05. The fourth-order valence-corrected chi connectivity index (χ4v) is 4.06. The zero-order valence-electron chi connectivity index (χ0n) is 13.3. The van der Waals surface area contributed by atoms with Crippen LogP contribution in [0.2, 0.25) is 0 Å². The molecule has 0 unspecified atom stereocenters. The summed E-state index contributed by atoms with van der Waals surface area (Å²) in [6, 6.07) is 0.0397. The largest absolute Gasteiger partial charge is 0.336 e. The molecule has 3 amide bonds. The van der Waals surface area contributed by atoms with Gasteiger partial charge in [0.1, 0.15) is 0 Å². The molecule has 0 N–H and O–H groups in total. The highest BCUT2D eigenvalue weighted by Gasteiger charge is 2.48. The molecule has 1 aromatic rings. The highest BCUT2D eigenvalue weighted by Crippen LogP contribution is 2.40. The van der Waals surface area contributed by atoms with Crippen molar-refractivity contribution in [2.45, 2.75) is 26.3 Å². The molecule has 2 aliphatic rings. The number of amides is 3. The first-order valence-corrected chi connectivity index (χ1v) is 8.42. The van der Waals surface area contributed by atoms with Crippen molar-refractivity contribution in [1.29, 1.82) is 0 Å². The fourth-order valence-electron chi connectivity index (χ4n) is 3.46. The van der Waals surface area contributed by atoms with Gasteiger partial charge in [0.2, 0.25) is 5.91 Å². The second-order valence-electron chi connectivity index (χ2n) is 6.63. The van der Waals surface area contributed by atoms with Gasteiger partial charge in [-0.05, 0) is 13.3 Å². The minimum atomic E-state index is -0.0617. The van der Waals surface area contributed by atoms with E-state index >= 15 is 0 Å². The number of nitrogens with zero attached hydrogens (tertiary/aromatic N) is 4. The maximum absolute atomic E-state index is 12.3. The van der Waals surface area contributed by atoms with Crippen molar-refractivity contribution in [3.05, 3.63) is 16.1 Å². The summed E-state index contributed by atoms with van der Waals surface area (Å²) >= 11 is 1.61. The lowest BCUT2D eigenvalue weighted by Crippen LogP contribution is -2.39. The van der Waals surface area contributed by atoms with E-state index in [1.54, 1.807) is 30.3 Å². The number of carbonyl (C=O) groups is 2. The number of likely N-dealkylation sites (tertiary alicyclic amines) is 2. The second kappa shape index (κ2) is 5.53. The van der Waals surface area contributed by atoms with Gasteiger partial charge in [0.05, 0.1) is 17.2 Å². The standard InChI is InChI=1S/C15H22N4O2S/c1-11-16-12(8-22-11)7-19-10-15(6-13(19)20)4-5-18(9-15)14(21)17(2)3/h8H,4-7,9-10H2,1-3H3/t15-/m1/s1. The molecule has 1 spiro atoms. The van der Waals surface area contributed by atoms with Crippen LogP contribution in [0, 0.1) is 12.3 Å². The van der Waals surface area contributed by atoms with Crippen LogP contribution in [0.25, 0.3) is 0 Å². The quantitative estimate of drug-likeness (QED) is 0.830. The molecule has 6 nitrogen and oxygen atoms in total. The summed E-state index contributed by atoms with van der Waals surface area (Å²) < 4.78 is 0. The Labute approximate surface area is 134 Å². The Morgan fingerprint density at radius 1 is 1.45 bits per heavy atom. The Balaban J connectivity index is 1.65. The Kier molecular flexibility index (Phi) is 3.84. The Bertz CT molecular complexity index is 600. The molecule has 0 saturated carbocycles. The smallest absolute Gasteiger partial charge is 0.319 e. The van der Waals surface area contributed by atoms with Crippen LogP contribution in [0.4, 0.5) is 4.79 Å². The Hall–Kier alpha value is -1.63. The number of hydrogen-bond acceptors (Lipinski definition) is 4. The molecule has 3 rings (SSSR count). The number of aromatic nitrogens is 1. The number of aryl methyl sites for hydroxylation is 1. The van der Waals surface area contributed by atoms with Crippen LogP contribution in [-0.2, 0) is 11.3 Å². The molecule has 0 aromatic carbocycles. The van der Waals surface area contributed by atoms with Crippen molar-refractivity contribution < 1.29 is 9.59 Å². The van der Waals surface area contributed by atoms with Crippen LogP contribution >= 0.6 is 11.3 Å². The maximum Gasteiger partial charge on any atom is 0.319 e. The summed E-state index contributed by atoms with van der Waals surface area (Å²) in [5.74, 6) is 0.185. The molecule has 2 aliphatic heterocycles. The molecular weight excluding hydrogens is 300 g/mol. The zero-order valence-corrected chi connectivity index (χ0v) is 14.2. The van der Waals surface area contributed by atoms with Crippen molar-refractivity contribution in [2.24, 2.45) is 5.41 Å². The summed E-state index contributed by atoms with van der Waals surface area (Å²) in [7, 11) is 3.54. The van der Waals surface area contributed by atoms with Crippen molar-refractivity contribution in [3.8, 4) is 0 Å². The van der Waals surface area contributed by atoms with E-state index in [0.29, 0.717) is 19.5 Å². The van der Waals surface area contributed by atoms with Crippen LogP contribution < -0.4 is 0 Å². The molecular formula is C15H22N4O2S. The van der Waals surface area contributed by atoms with E-state index in [-0.39, 0.29) is 17.4 Å². The molecule has 0 bridgehead atoms. The predicted molar refractivity (Wildman–Crippen MR) is 84.6 cm³/mol. The van der Waals surface area contributed by atoms with E-state index in [2.05, 4.69) is 4.98 Å². The lowest BCUT2D eigenvalue weighted by Gasteiger charge is -2.25. The van der Waals surface area contributed by atoms with Crippen LogP contribution in [0.3, 0.4) is 0 Å². The Morgan fingerprint density at radius 3 is 2.86 bits per heavy atom. The third-order valence-corrected chi connectivity index (χ3v) is 5.34. The van der Waals surface area contributed by atoms with Crippen molar-refractivity contribution in [1.82, 2.24) is 19.7 Å². The molecule has 0 radical (unpaired) electrons. The lowest BCUT2D eigenvalue weighted by atomic mass is 9.86. The topological polar surface area (TPSA) is 56.8 Å². The van der Waals surface area contributed by atoms with Crippen LogP contribution in [0.15, 0.2) is 5.38 Å². The number of rotatable bonds is 2. The fraction of sp³-hybridized carbons (Fsp3) is 0.667. The van der Waals surface area contributed by atoms with E-state index in [1.807, 2.05) is 22.1 Å². The van der Waals surface area contributed by atoms with Gasteiger partial charge in [-0.1, -0.05) is 0 Å². The summed E-state index contributed by atoms with van der Waals surface area (Å²) in [5.41, 5.74) is 0.903. The monoisotopic (exact) mass is 322 g/mol. The number of thiazole rings is 1. The van der Waals surface area contributed by atoms with E-state index in [4.69, 9.17) is 0 Å². The molecule has 2 fully saturated rings. The van der Waals surface area contributed by atoms with E-state index in [9.17, 15) is 9.59 Å². The third kappa shape index (κ3) is 2.82. The van der Waals surface area contributed by atoms with Gasteiger partial charge >= 0.3 is 6.03 Å². The third-order valence-electron chi connectivity index (χ3n) is 4.52. The predicted octanol–water partition coefficient (Wildman–Crippen LogP) is 1.56. The SMILES string of the molecule is Cc1nc(CN2C[C@]3(CCN(C(=O)N(C)C)C3)CC2=O)cs1. The van der Waals surface area contributed by atoms with Gasteiger partial charge in [-0.25, -0.2) is 9.78 Å². The van der Waals surface area contributed by atoms with Crippen molar-refractivity contribution in [2.75, 3.05) is 33.7 Å². The van der Waals surface area contributed by atoms with E-state index in [0.717, 1.165) is 30.2 Å². The molecule has 120 valence electrons. The molecule has 2 saturated heterocycles. The number of hydrogen-bond donors (Lipinski definition) is 0. The van der Waals surface area contributed by atoms with Crippen LogP contribution in [0.5, 0.6) is 0 Å². The van der Waals surface area contributed by atoms with Crippen LogP contribution in [0.1, 0.15) is 23.5 Å². The first-order valence-electron chi connectivity index (χ1n) is 7.54. The minimum absolute atomic E-state index is 0.0397. The van der Waals surface area contributed by atoms with Gasteiger partial charge in [-0.3, -0.25) is 4.79 Å². The van der Waals surface area contributed by atoms with Gasteiger partial charge in [0.15, 0.2) is 0 Å². The zero-order chi connectivity index (χ0) is 15.9. The molecule has 7 heteroatoms. The molecule has 1 aromatic heterocycles. The van der Waals surface area contributed by atoms with Gasteiger partial charge in [0.25, 0.3) is 0 Å². The molecule has 3 heterocycles. The summed E-state index contributed by atoms with van der Waals surface area (Å²) in [4.78, 5) is 34.2. The second-order valence-corrected chi connectivity index (χ2v) is 7.70. The van der Waals surface area contributed by atoms with Gasteiger partial charge in [-0.2, -0.15) is 0 Å². The highest BCUT2D eigenvalue weighted by molar-refractivity contribution is 7.09. The van der Waals surface area contributed by atoms with E-state index < -0.39 is 0 Å². The average Bonchev–Trinajstić information content (AvgIpc) is 3.12. The van der Waals surface area contributed by atoms with Gasteiger partial charge in [0, 0.05) is 50.9 Å². The normalized spacial score (nSPS) is 24.6. The van der Waals surface area contributed by atoms with Crippen molar-refractivity contribution >= 4 is 23.3 Å². The van der Waals surface area contributed by atoms with Crippen LogP contribution in [-0.4, -0.2) is 65.4 Å².